The first-order valence-electron chi connectivity index (χ1n) is 9.42. The van der Waals surface area contributed by atoms with Crippen molar-refractivity contribution in [3.63, 3.8) is 0 Å². The van der Waals surface area contributed by atoms with E-state index in [1.54, 1.807) is 10.9 Å². The first-order valence-corrected chi connectivity index (χ1v) is 10.4. The lowest BCUT2D eigenvalue weighted by Gasteiger charge is -2.09. The van der Waals surface area contributed by atoms with Crippen LogP contribution in [0.1, 0.15) is 17.0 Å². The van der Waals surface area contributed by atoms with E-state index in [4.69, 9.17) is 4.42 Å². The summed E-state index contributed by atoms with van der Waals surface area (Å²) in [6.07, 6.45) is 1.62. The van der Waals surface area contributed by atoms with E-state index in [1.807, 2.05) is 68.8 Å². The molecular formula is C21H22N6O2S. The number of rotatable bonds is 6. The molecule has 1 N–H and O–H groups in total. The molecule has 9 heteroatoms. The lowest BCUT2D eigenvalue weighted by molar-refractivity contribution is -0.113. The SMILES string of the molecule is Cc1ccc(-n2nc(C)cc2NC(=O)CSc2nnc(-c3ccoc3C)n2C)cc1. The van der Waals surface area contributed by atoms with Gasteiger partial charge >= 0.3 is 0 Å². The zero-order chi connectivity index (χ0) is 21.3. The van der Waals surface area contributed by atoms with Crippen molar-refractivity contribution >= 4 is 23.5 Å². The Labute approximate surface area is 178 Å². The summed E-state index contributed by atoms with van der Waals surface area (Å²) in [6.45, 7) is 5.81. The molecule has 0 atom stereocenters. The van der Waals surface area contributed by atoms with Gasteiger partial charge in [0.25, 0.3) is 0 Å². The molecule has 0 aliphatic carbocycles. The van der Waals surface area contributed by atoms with Gasteiger partial charge in [-0.1, -0.05) is 29.5 Å². The van der Waals surface area contributed by atoms with E-state index >= 15 is 0 Å². The molecule has 0 fully saturated rings. The normalized spacial score (nSPS) is 11.1. The number of benzene rings is 1. The van der Waals surface area contributed by atoms with Crippen molar-refractivity contribution in [3.8, 4) is 17.1 Å². The summed E-state index contributed by atoms with van der Waals surface area (Å²) < 4.78 is 8.94. The third kappa shape index (κ3) is 4.02. The molecule has 30 heavy (non-hydrogen) atoms. The van der Waals surface area contributed by atoms with Crippen LogP contribution in [0.25, 0.3) is 17.1 Å². The van der Waals surface area contributed by atoms with Crippen LogP contribution in [0.5, 0.6) is 0 Å². The molecule has 4 aromatic rings. The van der Waals surface area contributed by atoms with Crippen LogP contribution >= 0.6 is 11.8 Å². The van der Waals surface area contributed by atoms with Crippen molar-refractivity contribution in [3.05, 3.63) is 59.7 Å². The molecule has 0 unspecified atom stereocenters. The average Bonchev–Trinajstić information content (AvgIpc) is 3.40. The van der Waals surface area contributed by atoms with Gasteiger partial charge in [0.1, 0.15) is 11.6 Å². The van der Waals surface area contributed by atoms with Gasteiger partial charge in [0, 0.05) is 13.1 Å². The molecule has 8 nitrogen and oxygen atoms in total. The van der Waals surface area contributed by atoms with Crippen LogP contribution in [0.3, 0.4) is 0 Å². The van der Waals surface area contributed by atoms with Crippen LogP contribution in [-0.4, -0.2) is 36.2 Å². The fourth-order valence-electron chi connectivity index (χ4n) is 3.07. The average molecular weight is 423 g/mol. The van der Waals surface area contributed by atoms with E-state index in [0.717, 1.165) is 22.7 Å². The Hall–Kier alpha value is -3.33. The number of amides is 1. The number of furan rings is 1. The van der Waals surface area contributed by atoms with Gasteiger partial charge in [0.15, 0.2) is 11.0 Å². The number of hydrogen-bond acceptors (Lipinski definition) is 6. The van der Waals surface area contributed by atoms with Gasteiger partial charge in [-0.05, 0) is 39.0 Å². The van der Waals surface area contributed by atoms with E-state index in [9.17, 15) is 4.79 Å². The lowest BCUT2D eigenvalue weighted by Crippen LogP contribution is -2.17. The van der Waals surface area contributed by atoms with Crippen molar-refractivity contribution in [2.45, 2.75) is 25.9 Å². The van der Waals surface area contributed by atoms with Gasteiger partial charge in [0.05, 0.1) is 29.0 Å². The van der Waals surface area contributed by atoms with Crippen molar-refractivity contribution < 1.29 is 9.21 Å². The summed E-state index contributed by atoms with van der Waals surface area (Å²) in [5.74, 6) is 2.18. The van der Waals surface area contributed by atoms with Gasteiger partial charge in [0.2, 0.25) is 5.91 Å². The Morgan fingerprint density at radius 1 is 1.13 bits per heavy atom. The molecule has 0 aliphatic heterocycles. The van der Waals surface area contributed by atoms with Crippen LogP contribution in [0, 0.1) is 20.8 Å². The van der Waals surface area contributed by atoms with Crippen molar-refractivity contribution in [2.24, 2.45) is 7.05 Å². The third-order valence-electron chi connectivity index (χ3n) is 4.64. The molecule has 0 aliphatic rings. The minimum Gasteiger partial charge on any atom is -0.469 e. The first kappa shape index (κ1) is 20.0. The van der Waals surface area contributed by atoms with Crippen LogP contribution in [-0.2, 0) is 11.8 Å². The molecule has 0 bridgehead atoms. The molecule has 0 saturated heterocycles. The van der Waals surface area contributed by atoms with Gasteiger partial charge in [-0.15, -0.1) is 10.2 Å². The van der Waals surface area contributed by atoms with Crippen molar-refractivity contribution in [2.75, 3.05) is 11.1 Å². The zero-order valence-corrected chi connectivity index (χ0v) is 18.0. The molecule has 3 heterocycles. The fourth-order valence-corrected chi connectivity index (χ4v) is 3.78. The molecular weight excluding hydrogens is 400 g/mol. The van der Waals surface area contributed by atoms with E-state index in [1.165, 1.54) is 17.3 Å². The topological polar surface area (TPSA) is 90.8 Å². The van der Waals surface area contributed by atoms with Crippen LogP contribution < -0.4 is 5.32 Å². The molecule has 0 saturated carbocycles. The Bertz CT molecular complexity index is 1190. The highest BCUT2D eigenvalue weighted by Gasteiger charge is 2.17. The second kappa shape index (κ2) is 8.19. The van der Waals surface area contributed by atoms with Gasteiger partial charge in [-0.3, -0.25) is 4.79 Å². The zero-order valence-electron chi connectivity index (χ0n) is 17.2. The quantitative estimate of drug-likeness (QED) is 0.474. The Balaban J connectivity index is 1.45. The number of carbonyl (C=O) groups is 1. The number of anilines is 1. The van der Waals surface area contributed by atoms with Crippen molar-refractivity contribution in [1.29, 1.82) is 0 Å². The van der Waals surface area contributed by atoms with Crippen molar-refractivity contribution in [1.82, 2.24) is 24.5 Å². The molecule has 0 radical (unpaired) electrons. The molecule has 4 rings (SSSR count). The number of nitrogens with one attached hydrogen (secondary N) is 1. The smallest absolute Gasteiger partial charge is 0.236 e. The fraction of sp³-hybridized carbons (Fsp3) is 0.238. The summed E-state index contributed by atoms with van der Waals surface area (Å²) in [6, 6.07) is 11.7. The summed E-state index contributed by atoms with van der Waals surface area (Å²) >= 11 is 1.33. The highest BCUT2D eigenvalue weighted by Crippen LogP contribution is 2.26. The second-order valence-electron chi connectivity index (χ2n) is 7.01. The largest absolute Gasteiger partial charge is 0.469 e. The van der Waals surface area contributed by atoms with E-state index in [0.29, 0.717) is 16.8 Å². The molecule has 1 amide bonds. The monoisotopic (exact) mass is 422 g/mol. The maximum Gasteiger partial charge on any atom is 0.236 e. The third-order valence-corrected chi connectivity index (χ3v) is 5.66. The molecule has 3 aromatic heterocycles. The number of thioether (sulfide) groups is 1. The Morgan fingerprint density at radius 3 is 2.60 bits per heavy atom. The summed E-state index contributed by atoms with van der Waals surface area (Å²) in [5, 5.41) is 16.5. The second-order valence-corrected chi connectivity index (χ2v) is 7.95. The van der Waals surface area contributed by atoms with Gasteiger partial charge in [-0.25, -0.2) is 4.68 Å². The standard InChI is InChI=1S/C21H22N6O2S/c1-13-5-7-16(8-6-13)27-18(11-14(2)25-27)22-19(28)12-30-21-24-23-20(26(21)4)17-9-10-29-15(17)3/h5-11H,12H2,1-4H3,(H,22,28). The minimum absolute atomic E-state index is 0.141. The number of carbonyl (C=O) groups excluding carboxylic acids is 1. The number of aromatic nitrogens is 5. The molecule has 154 valence electrons. The Morgan fingerprint density at radius 2 is 1.90 bits per heavy atom. The summed E-state index contributed by atoms with van der Waals surface area (Å²) in [5.41, 5.74) is 3.77. The summed E-state index contributed by atoms with van der Waals surface area (Å²) in [7, 11) is 1.87. The van der Waals surface area contributed by atoms with Crippen LogP contribution in [0.2, 0.25) is 0 Å². The number of nitrogens with zero attached hydrogens (tertiary/aromatic N) is 5. The maximum atomic E-state index is 12.6. The maximum absolute atomic E-state index is 12.6. The Kier molecular flexibility index (Phi) is 5.45. The number of aryl methyl sites for hydroxylation is 3. The lowest BCUT2D eigenvalue weighted by atomic mass is 10.2. The van der Waals surface area contributed by atoms with E-state index in [-0.39, 0.29) is 11.7 Å². The summed E-state index contributed by atoms with van der Waals surface area (Å²) in [4.78, 5) is 12.6. The number of hydrogen-bond donors (Lipinski definition) is 1. The van der Waals surface area contributed by atoms with Gasteiger partial charge < -0.3 is 14.3 Å². The predicted octanol–water partition coefficient (Wildman–Crippen LogP) is 3.92. The first-order chi connectivity index (χ1) is 14.4. The minimum atomic E-state index is -0.141. The highest BCUT2D eigenvalue weighted by atomic mass is 32.2. The molecule has 0 spiro atoms. The molecule has 1 aromatic carbocycles. The van der Waals surface area contributed by atoms with Gasteiger partial charge in [-0.2, -0.15) is 5.10 Å². The van der Waals surface area contributed by atoms with Crippen LogP contribution in [0.15, 0.2) is 52.2 Å². The van der Waals surface area contributed by atoms with E-state index < -0.39 is 0 Å². The van der Waals surface area contributed by atoms with Crippen LogP contribution in [0.4, 0.5) is 5.82 Å². The highest BCUT2D eigenvalue weighted by molar-refractivity contribution is 7.99. The van der Waals surface area contributed by atoms with E-state index in [2.05, 4.69) is 20.6 Å². The predicted molar refractivity (Wildman–Crippen MR) is 116 cm³/mol.